The molecule has 8 nitrogen and oxygen atoms in total. The number of amides is 1. The van der Waals surface area contributed by atoms with Crippen molar-refractivity contribution in [2.24, 2.45) is 0 Å². The average Bonchev–Trinajstić information content (AvgIpc) is 3.64. The Labute approximate surface area is 235 Å². The second-order valence-electron chi connectivity index (χ2n) is 10.9. The molecule has 3 saturated heterocycles. The standard InChI is InChI=1S/C30H39ClN2O6/c1-2-38-22-10-7-19(8-11-22)16-21-17-20(9-12-23(21)31)29-28(36)27(35)26(34)25(39-29)18-33-15-5-6-24(33)30(37)32-13-3-4-14-32/h7-12,17,24-29,34-36H,2-6,13-16,18H2,1H3/t24-,25+,26+,27-,28+,29-/m0/s1. The van der Waals surface area contributed by atoms with Gasteiger partial charge in [-0.3, -0.25) is 9.69 Å². The number of halogens is 1. The monoisotopic (exact) mass is 558 g/mol. The van der Waals surface area contributed by atoms with Gasteiger partial charge in [-0.15, -0.1) is 0 Å². The molecule has 0 aromatic heterocycles. The summed E-state index contributed by atoms with van der Waals surface area (Å²) >= 11 is 6.54. The largest absolute Gasteiger partial charge is 0.494 e. The van der Waals surface area contributed by atoms with E-state index in [1.54, 1.807) is 12.1 Å². The van der Waals surface area contributed by atoms with Gasteiger partial charge < -0.3 is 29.7 Å². The number of likely N-dealkylation sites (tertiary alicyclic amines) is 2. The van der Waals surface area contributed by atoms with Crippen molar-refractivity contribution in [2.45, 2.75) is 75.6 Å². The summed E-state index contributed by atoms with van der Waals surface area (Å²) in [5.74, 6) is 0.949. The Kier molecular flexibility index (Phi) is 9.11. The molecule has 6 atom stereocenters. The molecule has 0 radical (unpaired) electrons. The summed E-state index contributed by atoms with van der Waals surface area (Å²) < 4.78 is 11.8. The number of rotatable bonds is 8. The number of nitrogens with zero attached hydrogens (tertiary/aromatic N) is 2. The zero-order valence-electron chi connectivity index (χ0n) is 22.4. The van der Waals surface area contributed by atoms with Gasteiger partial charge in [0.2, 0.25) is 5.91 Å². The number of aliphatic hydroxyl groups is 3. The SMILES string of the molecule is CCOc1ccc(Cc2cc([C@@H]3O[C@H](CN4CCC[C@H]4C(=O)N4CCCC4)[C@@H](O)[C@H](O)[C@H]3O)ccc2Cl)cc1. The lowest BCUT2D eigenvalue weighted by atomic mass is 9.89. The van der Waals surface area contributed by atoms with Crippen molar-refractivity contribution in [1.29, 1.82) is 0 Å². The molecule has 3 N–H and O–H groups in total. The number of ether oxygens (including phenoxy) is 2. The Bertz CT molecular complexity index is 1120. The van der Waals surface area contributed by atoms with Crippen LogP contribution >= 0.6 is 11.6 Å². The Balaban J connectivity index is 1.31. The Morgan fingerprint density at radius 3 is 2.46 bits per heavy atom. The molecule has 0 unspecified atom stereocenters. The predicted molar refractivity (Wildman–Crippen MR) is 148 cm³/mol. The van der Waals surface area contributed by atoms with Crippen LogP contribution in [0.5, 0.6) is 5.75 Å². The highest BCUT2D eigenvalue weighted by molar-refractivity contribution is 6.31. The van der Waals surface area contributed by atoms with Crippen LogP contribution in [0.25, 0.3) is 0 Å². The maximum absolute atomic E-state index is 13.1. The van der Waals surface area contributed by atoms with Crippen molar-refractivity contribution in [3.8, 4) is 5.75 Å². The zero-order valence-corrected chi connectivity index (χ0v) is 23.2. The summed E-state index contributed by atoms with van der Waals surface area (Å²) in [6, 6.07) is 13.0. The first kappa shape index (κ1) is 28.3. The summed E-state index contributed by atoms with van der Waals surface area (Å²) in [5.41, 5.74) is 2.59. The molecule has 3 heterocycles. The third kappa shape index (κ3) is 6.26. The fourth-order valence-electron chi connectivity index (χ4n) is 6.08. The summed E-state index contributed by atoms with van der Waals surface area (Å²) in [7, 11) is 0. The molecule has 9 heteroatoms. The van der Waals surface area contributed by atoms with Gasteiger partial charge in [0.15, 0.2) is 0 Å². The number of carbonyl (C=O) groups excluding carboxylic acids is 1. The molecule has 2 aromatic carbocycles. The Morgan fingerprint density at radius 2 is 1.74 bits per heavy atom. The minimum atomic E-state index is -1.38. The van der Waals surface area contributed by atoms with Crippen LogP contribution in [0.2, 0.25) is 5.02 Å². The van der Waals surface area contributed by atoms with Gasteiger partial charge in [0, 0.05) is 24.7 Å². The molecule has 212 valence electrons. The van der Waals surface area contributed by atoms with E-state index < -0.39 is 30.5 Å². The van der Waals surface area contributed by atoms with E-state index in [9.17, 15) is 20.1 Å². The quantitative estimate of drug-likeness (QED) is 0.458. The smallest absolute Gasteiger partial charge is 0.239 e. The molecule has 3 aliphatic heterocycles. The van der Waals surface area contributed by atoms with E-state index in [2.05, 4.69) is 4.90 Å². The Morgan fingerprint density at radius 1 is 1.00 bits per heavy atom. The minimum Gasteiger partial charge on any atom is -0.494 e. The first-order chi connectivity index (χ1) is 18.9. The number of aliphatic hydroxyl groups excluding tert-OH is 3. The number of carbonyl (C=O) groups is 1. The molecule has 0 spiro atoms. The summed E-state index contributed by atoms with van der Waals surface area (Å²) in [6.45, 7) is 5.18. The van der Waals surface area contributed by atoms with Gasteiger partial charge >= 0.3 is 0 Å². The van der Waals surface area contributed by atoms with Crippen molar-refractivity contribution in [2.75, 3.05) is 32.8 Å². The van der Waals surface area contributed by atoms with Crippen LogP contribution < -0.4 is 4.74 Å². The van der Waals surface area contributed by atoms with Gasteiger partial charge in [-0.25, -0.2) is 0 Å². The van der Waals surface area contributed by atoms with Crippen molar-refractivity contribution in [3.05, 3.63) is 64.2 Å². The van der Waals surface area contributed by atoms with Crippen LogP contribution in [0, 0.1) is 0 Å². The summed E-state index contributed by atoms with van der Waals surface area (Å²) in [6.07, 6.45) is -1.24. The second-order valence-corrected chi connectivity index (χ2v) is 11.3. The number of hydrogen-bond acceptors (Lipinski definition) is 7. The van der Waals surface area contributed by atoms with Gasteiger partial charge in [-0.1, -0.05) is 35.9 Å². The summed E-state index contributed by atoms with van der Waals surface area (Å²) in [5, 5.41) is 33.1. The molecule has 39 heavy (non-hydrogen) atoms. The molecule has 2 aromatic rings. The van der Waals surface area contributed by atoms with Crippen LogP contribution in [-0.4, -0.2) is 94.3 Å². The first-order valence-corrected chi connectivity index (χ1v) is 14.5. The highest BCUT2D eigenvalue weighted by atomic mass is 35.5. The van der Waals surface area contributed by atoms with Gasteiger partial charge in [-0.2, -0.15) is 0 Å². The van der Waals surface area contributed by atoms with E-state index in [-0.39, 0.29) is 11.9 Å². The Hall–Kier alpha value is -2.20. The number of benzene rings is 2. The van der Waals surface area contributed by atoms with E-state index in [1.165, 1.54) is 0 Å². The van der Waals surface area contributed by atoms with E-state index >= 15 is 0 Å². The normalized spacial score (nSPS) is 29.6. The third-order valence-electron chi connectivity index (χ3n) is 8.22. The lowest BCUT2D eigenvalue weighted by Crippen LogP contribution is -2.58. The molecule has 5 rings (SSSR count). The zero-order chi connectivity index (χ0) is 27.5. The van der Waals surface area contributed by atoms with Crippen LogP contribution in [-0.2, 0) is 16.0 Å². The van der Waals surface area contributed by atoms with Crippen molar-refractivity contribution in [3.63, 3.8) is 0 Å². The predicted octanol–water partition coefficient (Wildman–Crippen LogP) is 2.94. The second kappa shape index (κ2) is 12.5. The van der Waals surface area contributed by atoms with Crippen LogP contribution in [0.4, 0.5) is 0 Å². The number of hydrogen-bond donors (Lipinski definition) is 3. The van der Waals surface area contributed by atoms with Crippen molar-refractivity contribution < 1.29 is 29.6 Å². The molecule has 3 aliphatic rings. The highest BCUT2D eigenvalue weighted by Gasteiger charge is 2.46. The van der Waals surface area contributed by atoms with Gasteiger partial charge in [0.25, 0.3) is 0 Å². The fraction of sp³-hybridized carbons (Fsp3) is 0.567. The van der Waals surface area contributed by atoms with E-state index in [0.717, 1.165) is 62.2 Å². The lowest BCUT2D eigenvalue weighted by Gasteiger charge is -2.43. The van der Waals surface area contributed by atoms with Crippen LogP contribution in [0.15, 0.2) is 42.5 Å². The third-order valence-corrected chi connectivity index (χ3v) is 8.59. The first-order valence-electron chi connectivity index (χ1n) is 14.1. The molecule has 0 saturated carbocycles. The summed E-state index contributed by atoms with van der Waals surface area (Å²) in [4.78, 5) is 17.1. The molecule has 0 aliphatic carbocycles. The van der Waals surface area contributed by atoms with E-state index in [1.807, 2.05) is 42.2 Å². The molecular formula is C30H39ClN2O6. The molecule has 1 amide bonds. The van der Waals surface area contributed by atoms with Crippen molar-refractivity contribution >= 4 is 17.5 Å². The van der Waals surface area contributed by atoms with E-state index in [4.69, 9.17) is 21.1 Å². The van der Waals surface area contributed by atoms with E-state index in [0.29, 0.717) is 30.2 Å². The van der Waals surface area contributed by atoms with Crippen LogP contribution in [0.1, 0.15) is 55.4 Å². The highest BCUT2D eigenvalue weighted by Crippen LogP contribution is 2.36. The molecule has 3 fully saturated rings. The molecular weight excluding hydrogens is 520 g/mol. The average molecular weight is 559 g/mol. The maximum Gasteiger partial charge on any atom is 0.239 e. The van der Waals surface area contributed by atoms with Gasteiger partial charge in [0.05, 0.1) is 18.8 Å². The van der Waals surface area contributed by atoms with Crippen molar-refractivity contribution in [1.82, 2.24) is 9.80 Å². The minimum absolute atomic E-state index is 0.143. The van der Waals surface area contributed by atoms with Gasteiger partial charge in [0.1, 0.15) is 30.2 Å². The fourth-order valence-corrected chi connectivity index (χ4v) is 6.26. The topological polar surface area (TPSA) is 103 Å². The van der Waals surface area contributed by atoms with Crippen LogP contribution in [0.3, 0.4) is 0 Å². The lowest BCUT2D eigenvalue weighted by molar-refractivity contribution is -0.228. The maximum atomic E-state index is 13.1. The molecule has 0 bridgehead atoms. The van der Waals surface area contributed by atoms with Gasteiger partial charge in [-0.05, 0) is 80.5 Å².